The molecule has 1 heterocycles. The largest absolute Gasteiger partial charge is 0.483 e. The molecule has 0 bridgehead atoms. The number of nitrogens with one attached hydrogen (secondary N) is 1. The van der Waals surface area contributed by atoms with Crippen LogP contribution >= 0.6 is 0 Å². The highest BCUT2D eigenvalue weighted by molar-refractivity contribution is 5.77. The molecule has 1 saturated carbocycles. The van der Waals surface area contributed by atoms with Gasteiger partial charge >= 0.3 is 6.18 Å². The van der Waals surface area contributed by atoms with Gasteiger partial charge in [0, 0.05) is 6.61 Å². The standard InChI is InChI=1S/C30H44F3NO5/c1-2-3-4-9-22(39-29-11-5-6-14-37-29)12-13-23-24-15-20-8-7-10-27(25(20)16-21(24)17-26(23)35)38-18-28(36)34-19-30(31,32)33/h7-8,10,21-24,26,29,35H,2-6,9,11-19H2,1H3,(H,34,36)/t21-,22+,23?,24-,26+,29?/m0/s1. The molecule has 39 heavy (non-hydrogen) atoms. The van der Waals surface area contributed by atoms with E-state index in [4.69, 9.17) is 14.2 Å². The fourth-order valence-corrected chi connectivity index (χ4v) is 6.65. The highest BCUT2D eigenvalue weighted by Gasteiger charge is 2.45. The van der Waals surface area contributed by atoms with Gasteiger partial charge in [-0.1, -0.05) is 38.3 Å². The first kappa shape index (κ1) is 30.1. The van der Waals surface area contributed by atoms with Crippen LogP contribution in [0.3, 0.4) is 0 Å². The molecule has 0 spiro atoms. The Labute approximate surface area is 230 Å². The van der Waals surface area contributed by atoms with E-state index in [0.717, 1.165) is 81.9 Å². The third-order valence-electron chi connectivity index (χ3n) is 8.62. The molecule has 0 aromatic heterocycles. The monoisotopic (exact) mass is 555 g/mol. The van der Waals surface area contributed by atoms with Crippen molar-refractivity contribution in [2.45, 2.75) is 109 Å². The maximum Gasteiger partial charge on any atom is 0.405 e. The maximum atomic E-state index is 12.4. The highest BCUT2D eigenvalue weighted by atomic mass is 19.4. The summed E-state index contributed by atoms with van der Waals surface area (Å²) < 4.78 is 55.1. The zero-order valence-electron chi connectivity index (χ0n) is 23.0. The number of hydrogen-bond donors (Lipinski definition) is 2. The highest BCUT2D eigenvalue weighted by Crippen LogP contribution is 2.48. The summed E-state index contributed by atoms with van der Waals surface area (Å²) in [5, 5.41) is 12.9. The van der Waals surface area contributed by atoms with Crippen LogP contribution in [0.1, 0.15) is 82.3 Å². The van der Waals surface area contributed by atoms with Gasteiger partial charge < -0.3 is 24.6 Å². The Hall–Kier alpha value is -1.84. The van der Waals surface area contributed by atoms with Crippen LogP contribution in [0, 0.1) is 17.8 Å². The minimum absolute atomic E-state index is 0.109. The van der Waals surface area contributed by atoms with Crippen molar-refractivity contribution in [3.63, 3.8) is 0 Å². The first-order valence-electron chi connectivity index (χ1n) is 14.8. The predicted octanol–water partition coefficient (Wildman–Crippen LogP) is 5.73. The molecule has 2 aliphatic carbocycles. The molecule has 0 radical (unpaired) electrons. The fraction of sp³-hybridized carbons (Fsp3) is 0.767. The number of alkyl halides is 3. The van der Waals surface area contributed by atoms with Crippen LogP contribution < -0.4 is 10.1 Å². The van der Waals surface area contributed by atoms with Crippen LogP contribution in [-0.4, -0.2) is 55.4 Å². The predicted molar refractivity (Wildman–Crippen MR) is 141 cm³/mol. The number of rotatable bonds is 13. The summed E-state index contributed by atoms with van der Waals surface area (Å²) in [7, 11) is 0. The number of aliphatic hydroxyl groups is 1. The van der Waals surface area contributed by atoms with E-state index in [0.29, 0.717) is 17.6 Å². The van der Waals surface area contributed by atoms with Crippen LogP contribution in [0.2, 0.25) is 0 Å². The van der Waals surface area contributed by atoms with Crippen molar-refractivity contribution in [2.24, 2.45) is 17.8 Å². The Bertz CT molecular complexity index is 920. The Morgan fingerprint density at radius 3 is 2.79 bits per heavy atom. The van der Waals surface area contributed by atoms with Gasteiger partial charge in [-0.25, -0.2) is 0 Å². The Morgan fingerprint density at radius 2 is 2.05 bits per heavy atom. The van der Waals surface area contributed by atoms with Crippen molar-refractivity contribution in [2.75, 3.05) is 19.8 Å². The maximum absolute atomic E-state index is 12.4. The van der Waals surface area contributed by atoms with Crippen LogP contribution in [0.25, 0.3) is 0 Å². The minimum atomic E-state index is -4.46. The van der Waals surface area contributed by atoms with Gasteiger partial charge in [-0.2, -0.15) is 13.2 Å². The van der Waals surface area contributed by atoms with E-state index in [1.165, 1.54) is 12.8 Å². The van der Waals surface area contributed by atoms with Crippen LogP contribution in [-0.2, 0) is 27.1 Å². The third-order valence-corrected chi connectivity index (χ3v) is 8.62. The van der Waals surface area contributed by atoms with E-state index in [1.807, 2.05) is 11.4 Å². The van der Waals surface area contributed by atoms with Crippen molar-refractivity contribution in [1.29, 1.82) is 0 Å². The van der Waals surface area contributed by atoms with Crippen LogP contribution in [0.4, 0.5) is 13.2 Å². The number of carbonyl (C=O) groups excluding carboxylic acids is 1. The normalized spacial score (nSPS) is 27.5. The van der Waals surface area contributed by atoms with Crippen molar-refractivity contribution >= 4 is 5.91 Å². The molecule has 9 heteroatoms. The lowest BCUT2D eigenvalue weighted by molar-refractivity contribution is -0.191. The number of fused-ring (bicyclic) bond motifs is 2. The summed E-state index contributed by atoms with van der Waals surface area (Å²) in [4.78, 5) is 11.8. The molecule has 1 saturated heterocycles. The Morgan fingerprint density at radius 1 is 1.21 bits per heavy atom. The van der Waals surface area contributed by atoms with Gasteiger partial charge in [0.1, 0.15) is 12.3 Å². The summed E-state index contributed by atoms with van der Waals surface area (Å²) in [6.45, 7) is 1.13. The lowest BCUT2D eigenvalue weighted by atomic mass is 9.73. The second-order valence-electron chi connectivity index (χ2n) is 11.5. The topological polar surface area (TPSA) is 77.0 Å². The molecule has 6 atom stereocenters. The molecular formula is C30H44F3NO5. The van der Waals surface area contributed by atoms with Crippen molar-refractivity contribution in [3.8, 4) is 5.75 Å². The fourth-order valence-electron chi connectivity index (χ4n) is 6.65. The Kier molecular flexibility index (Phi) is 10.9. The molecule has 1 aromatic carbocycles. The molecule has 1 aliphatic heterocycles. The van der Waals surface area contributed by atoms with Gasteiger partial charge in [-0.15, -0.1) is 0 Å². The molecule has 6 nitrogen and oxygen atoms in total. The molecule has 1 amide bonds. The number of benzene rings is 1. The van der Waals surface area contributed by atoms with E-state index >= 15 is 0 Å². The number of amides is 1. The quantitative estimate of drug-likeness (QED) is 0.304. The van der Waals surface area contributed by atoms with Crippen molar-refractivity contribution in [1.82, 2.24) is 5.32 Å². The van der Waals surface area contributed by atoms with Crippen LogP contribution in [0.15, 0.2) is 18.2 Å². The minimum Gasteiger partial charge on any atom is -0.483 e. The van der Waals surface area contributed by atoms with Gasteiger partial charge in [-0.3, -0.25) is 4.79 Å². The van der Waals surface area contributed by atoms with Crippen molar-refractivity contribution in [3.05, 3.63) is 29.3 Å². The second-order valence-corrected chi connectivity index (χ2v) is 11.5. The van der Waals surface area contributed by atoms with E-state index in [1.54, 1.807) is 6.07 Å². The van der Waals surface area contributed by atoms with E-state index < -0.39 is 25.2 Å². The average Bonchev–Trinajstić information content (AvgIpc) is 3.21. The SMILES string of the molecule is CCCCC[C@H](CCC1[C@H](O)C[C@@H]2Cc3c(cccc3OCC(=O)NCC(F)(F)F)C[C@H]12)OC1CCCCO1. The van der Waals surface area contributed by atoms with E-state index in [9.17, 15) is 23.1 Å². The first-order chi connectivity index (χ1) is 18.7. The van der Waals surface area contributed by atoms with Gasteiger partial charge in [-0.05, 0) is 92.7 Å². The smallest absolute Gasteiger partial charge is 0.405 e. The van der Waals surface area contributed by atoms with Gasteiger partial charge in [0.25, 0.3) is 5.91 Å². The molecule has 220 valence electrons. The number of hydrogen-bond acceptors (Lipinski definition) is 5. The zero-order chi connectivity index (χ0) is 27.8. The Balaban J connectivity index is 1.34. The molecule has 3 aliphatic rings. The zero-order valence-corrected chi connectivity index (χ0v) is 23.0. The van der Waals surface area contributed by atoms with Gasteiger partial charge in [0.2, 0.25) is 0 Å². The summed E-state index contributed by atoms with van der Waals surface area (Å²) in [6, 6.07) is 5.69. The number of aliphatic hydroxyl groups excluding tert-OH is 1. The average molecular weight is 556 g/mol. The lowest BCUT2D eigenvalue weighted by Crippen LogP contribution is -2.36. The van der Waals surface area contributed by atoms with E-state index in [2.05, 4.69) is 13.0 Å². The number of ether oxygens (including phenoxy) is 3. The number of halogens is 3. The van der Waals surface area contributed by atoms with Gasteiger partial charge in [0.15, 0.2) is 12.9 Å². The van der Waals surface area contributed by atoms with Crippen molar-refractivity contribution < 1.29 is 37.3 Å². The van der Waals surface area contributed by atoms with E-state index in [-0.39, 0.29) is 24.4 Å². The summed E-state index contributed by atoms with van der Waals surface area (Å²) in [6.07, 6.45) is 7.02. The second kappa shape index (κ2) is 14.2. The summed E-state index contributed by atoms with van der Waals surface area (Å²) >= 11 is 0. The molecular weight excluding hydrogens is 511 g/mol. The molecule has 2 unspecified atom stereocenters. The lowest BCUT2D eigenvalue weighted by Gasteiger charge is -2.33. The number of carbonyl (C=O) groups is 1. The first-order valence-corrected chi connectivity index (χ1v) is 14.8. The molecule has 2 fully saturated rings. The summed E-state index contributed by atoms with van der Waals surface area (Å²) in [5.74, 6) is 0.611. The number of unbranched alkanes of at least 4 members (excludes halogenated alkanes) is 2. The third kappa shape index (κ3) is 8.82. The summed E-state index contributed by atoms with van der Waals surface area (Å²) in [5.41, 5.74) is 2.14. The van der Waals surface area contributed by atoms with Crippen LogP contribution in [0.5, 0.6) is 5.75 Å². The molecule has 1 aromatic rings. The van der Waals surface area contributed by atoms with Gasteiger partial charge in [0.05, 0.1) is 12.2 Å². The molecule has 4 rings (SSSR count). The molecule has 2 N–H and O–H groups in total.